The number of rotatable bonds is 5. The van der Waals surface area contributed by atoms with Crippen LogP contribution in [0.5, 0.6) is 0 Å². The topological polar surface area (TPSA) is 21.6 Å². The zero-order valence-corrected chi connectivity index (χ0v) is 11.2. The molecule has 16 heavy (non-hydrogen) atoms. The van der Waals surface area contributed by atoms with E-state index in [0.29, 0.717) is 5.76 Å². The number of halogens is 2. The van der Waals surface area contributed by atoms with Crippen LogP contribution in [0.25, 0.3) is 0 Å². The van der Waals surface area contributed by atoms with Crippen LogP contribution < -0.4 is 0 Å². The van der Waals surface area contributed by atoms with Crippen molar-refractivity contribution in [3.8, 4) is 0 Å². The Hall–Kier alpha value is -0.760. The van der Waals surface area contributed by atoms with E-state index in [9.17, 15) is 8.78 Å². The smallest absolute Gasteiger partial charge is 0.291 e. The van der Waals surface area contributed by atoms with Crippen molar-refractivity contribution in [3.63, 3.8) is 0 Å². The Morgan fingerprint density at radius 3 is 2.31 bits per heavy atom. The van der Waals surface area contributed by atoms with E-state index in [1.54, 1.807) is 19.2 Å². The van der Waals surface area contributed by atoms with Gasteiger partial charge in [0.25, 0.3) is 5.66 Å². The normalized spacial score (nSPS) is 13.1. The maximum absolute atomic E-state index is 12.4. The second-order valence-corrected chi connectivity index (χ2v) is 4.54. The standard InChI is InChI=1S/C11H18F2NOP/c1-8(2)10(4)14-6-5-9(3)15-7-11(12,13)16/h5-6H,7,16H2,1-4H3/b9-5+,14-6?. The highest BCUT2D eigenvalue weighted by Gasteiger charge is 2.21. The Kier molecular flexibility index (Phi) is 6.42. The van der Waals surface area contributed by atoms with Gasteiger partial charge < -0.3 is 4.74 Å². The zero-order valence-electron chi connectivity index (χ0n) is 10.1. The minimum absolute atomic E-state index is 0.410. The number of nitrogens with zero attached hydrogens (tertiary/aromatic N) is 1. The molecule has 0 saturated heterocycles. The van der Waals surface area contributed by atoms with Crippen molar-refractivity contribution < 1.29 is 13.5 Å². The SMILES string of the molecule is CC(C)=C(C)N=C/C=C(\C)OCC(F)(F)P. The molecule has 2 nitrogen and oxygen atoms in total. The molecule has 0 rings (SSSR count). The molecule has 0 aliphatic rings. The maximum Gasteiger partial charge on any atom is 0.291 e. The largest absolute Gasteiger partial charge is 0.492 e. The molecule has 0 aromatic heterocycles. The highest BCUT2D eigenvalue weighted by atomic mass is 31.0. The zero-order chi connectivity index (χ0) is 12.8. The van der Waals surface area contributed by atoms with Crippen molar-refractivity contribution in [3.05, 3.63) is 23.1 Å². The average molecular weight is 249 g/mol. The third-order valence-electron chi connectivity index (χ3n) is 1.79. The van der Waals surface area contributed by atoms with Gasteiger partial charge in [0.15, 0.2) is 6.61 Å². The minimum Gasteiger partial charge on any atom is -0.492 e. The van der Waals surface area contributed by atoms with Crippen LogP contribution in [0.4, 0.5) is 8.78 Å². The number of ether oxygens (including phenoxy) is 1. The van der Waals surface area contributed by atoms with Gasteiger partial charge in [-0.15, -0.1) is 0 Å². The van der Waals surface area contributed by atoms with Crippen LogP contribution in [0, 0.1) is 0 Å². The first-order valence-corrected chi connectivity index (χ1v) is 5.44. The van der Waals surface area contributed by atoms with Crippen LogP contribution in [0.3, 0.4) is 0 Å². The van der Waals surface area contributed by atoms with E-state index < -0.39 is 12.3 Å². The highest BCUT2D eigenvalue weighted by molar-refractivity contribution is 7.18. The monoisotopic (exact) mass is 249 g/mol. The van der Waals surface area contributed by atoms with E-state index in [2.05, 4.69) is 4.99 Å². The molecule has 0 amide bonds. The van der Waals surface area contributed by atoms with Crippen molar-refractivity contribution in [1.82, 2.24) is 0 Å². The summed E-state index contributed by atoms with van der Waals surface area (Å²) >= 11 is 0. The van der Waals surface area contributed by atoms with Gasteiger partial charge in [-0.25, -0.2) is 0 Å². The molecule has 0 aliphatic heterocycles. The number of alkyl halides is 2. The Labute approximate surface area is 97.7 Å². The van der Waals surface area contributed by atoms with Gasteiger partial charge in [-0.3, -0.25) is 4.99 Å². The summed E-state index contributed by atoms with van der Waals surface area (Å²) in [4.78, 5) is 4.11. The lowest BCUT2D eigenvalue weighted by atomic mass is 10.3. The number of allylic oxidation sites excluding steroid dienone is 4. The third kappa shape index (κ3) is 8.54. The average Bonchev–Trinajstić information content (AvgIpc) is 2.13. The van der Waals surface area contributed by atoms with Crippen molar-refractivity contribution in [1.29, 1.82) is 0 Å². The number of hydrogen-bond donors (Lipinski definition) is 0. The van der Waals surface area contributed by atoms with E-state index in [4.69, 9.17) is 4.74 Å². The van der Waals surface area contributed by atoms with Crippen molar-refractivity contribution in [2.45, 2.75) is 33.4 Å². The molecule has 92 valence electrons. The Bertz CT molecular complexity index is 312. The van der Waals surface area contributed by atoms with Gasteiger partial charge in [0.2, 0.25) is 0 Å². The fraction of sp³-hybridized carbons (Fsp3) is 0.545. The molecule has 0 fully saturated rings. The Balaban J connectivity index is 4.21. The van der Waals surface area contributed by atoms with Crippen LogP contribution >= 0.6 is 9.24 Å². The van der Waals surface area contributed by atoms with Crippen LogP contribution in [0.1, 0.15) is 27.7 Å². The first-order chi connectivity index (χ1) is 7.22. The van der Waals surface area contributed by atoms with Gasteiger partial charge in [-0.2, -0.15) is 8.78 Å². The fourth-order valence-corrected chi connectivity index (χ4v) is 0.725. The van der Waals surface area contributed by atoms with Gasteiger partial charge in [-0.05, 0) is 33.8 Å². The van der Waals surface area contributed by atoms with Gasteiger partial charge in [-0.1, -0.05) is 14.8 Å². The van der Waals surface area contributed by atoms with Crippen molar-refractivity contribution in [2.75, 3.05) is 6.61 Å². The van der Waals surface area contributed by atoms with Crippen LogP contribution in [-0.4, -0.2) is 18.5 Å². The molecule has 5 heteroatoms. The van der Waals surface area contributed by atoms with Crippen LogP contribution in [0.15, 0.2) is 28.1 Å². The summed E-state index contributed by atoms with van der Waals surface area (Å²) in [6, 6.07) is 0. The van der Waals surface area contributed by atoms with E-state index in [1.807, 2.05) is 20.8 Å². The van der Waals surface area contributed by atoms with Gasteiger partial charge in [0.05, 0.1) is 5.76 Å². The molecule has 0 spiro atoms. The molecule has 0 aromatic rings. The summed E-state index contributed by atoms with van der Waals surface area (Å²) < 4.78 is 29.6. The molecule has 0 aliphatic carbocycles. The van der Waals surface area contributed by atoms with Gasteiger partial charge in [0.1, 0.15) is 0 Å². The van der Waals surface area contributed by atoms with E-state index in [1.165, 1.54) is 9.24 Å². The summed E-state index contributed by atoms with van der Waals surface area (Å²) in [6.07, 6.45) is 3.10. The predicted molar refractivity (Wildman–Crippen MR) is 66.9 cm³/mol. The molecular weight excluding hydrogens is 231 g/mol. The quantitative estimate of drug-likeness (QED) is 0.413. The lowest BCUT2D eigenvalue weighted by molar-refractivity contribution is 0.0184. The van der Waals surface area contributed by atoms with Crippen LogP contribution in [0.2, 0.25) is 0 Å². The second-order valence-electron chi connectivity index (χ2n) is 3.69. The fourth-order valence-electron chi connectivity index (χ4n) is 0.641. The summed E-state index contributed by atoms with van der Waals surface area (Å²) in [5.41, 5.74) is -0.873. The molecule has 1 atom stereocenters. The van der Waals surface area contributed by atoms with E-state index >= 15 is 0 Å². The summed E-state index contributed by atoms with van der Waals surface area (Å²) in [7, 11) is 1.43. The van der Waals surface area contributed by atoms with Crippen LogP contribution in [-0.2, 0) is 4.74 Å². The summed E-state index contributed by atoms with van der Waals surface area (Å²) in [5, 5.41) is 0. The predicted octanol–water partition coefficient (Wildman–Crippen LogP) is 3.76. The third-order valence-corrected chi connectivity index (χ3v) is 1.96. The van der Waals surface area contributed by atoms with Gasteiger partial charge in [0, 0.05) is 11.9 Å². The second kappa shape index (κ2) is 6.74. The summed E-state index contributed by atoms with van der Waals surface area (Å²) in [6.45, 7) is 6.76. The molecular formula is C11H18F2NOP. The molecule has 0 N–H and O–H groups in total. The molecule has 0 bridgehead atoms. The Morgan fingerprint density at radius 2 is 1.88 bits per heavy atom. The highest BCUT2D eigenvalue weighted by Crippen LogP contribution is 2.22. The lowest BCUT2D eigenvalue weighted by Crippen LogP contribution is -2.13. The maximum atomic E-state index is 12.4. The molecule has 0 radical (unpaired) electrons. The minimum atomic E-state index is -2.89. The van der Waals surface area contributed by atoms with E-state index in [-0.39, 0.29) is 0 Å². The number of aliphatic imine (C=N–C) groups is 1. The Morgan fingerprint density at radius 1 is 1.31 bits per heavy atom. The van der Waals surface area contributed by atoms with Crippen molar-refractivity contribution in [2.24, 2.45) is 4.99 Å². The van der Waals surface area contributed by atoms with E-state index in [0.717, 1.165) is 11.3 Å². The molecule has 1 unspecified atom stereocenters. The molecule has 0 aromatic carbocycles. The first kappa shape index (κ1) is 15.2. The van der Waals surface area contributed by atoms with Crippen molar-refractivity contribution >= 4 is 15.5 Å². The number of hydrogen-bond acceptors (Lipinski definition) is 2. The first-order valence-electron chi connectivity index (χ1n) is 4.87. The van der Waals surface area contributed by atoms with Gasteiger partial charge >= 0.3 is 0 Å². The summed E-state index contributed by atoms with van der Waals surface area (Å²) in [5.74, 6) is 0.410. The molecule has 0 saturated carbocycles. The molecule has 0 heterocycles. The lowest BCUT2D eigenvalue weighted by Gasteiger charge is -2.11.